The first kappa shape index (κ1) is 9.42. The first-order valence-corrected chi connectivity index (χ1v) is 4.50. The van der Waals surface area contributed by atoms with Crippen LogP contribution in [0.15, 0.2) is 36.9 Å². The van der Waals surface area contributed by atoms with E-state index in [0.29, 0.717) is 5.56 Å². The molecule has 0 fully saturated rings. The molecule has 0 saturated carbocycles. The van der Waals surface area contributed by atoms with E-state index in [-0.39, 0.29) is 5.82 Å². The zero-order chi connectivity index (χ0) is 10.8. The van der Waals surface area contributed by atoms with Crippen LogP contribution in [0.3, 0.4) is 0 Å². The van der Waals surface area contributed by atoms with Gasteiger partial charge in [-0.25, -0.2) is 4.39 Å². The lowest BCUT2D eigenvalue weighted by molar-refractivity contribution is 0.629. The summed E-state index contributed by atoms with van der Waals surface area (Å²) in [6, 6.07) is 10.0. The van der Waals surface area contributed by atoms with Crippen LogP contribution in [0.5, 0.6) is 0 Å². The Kier molecular flexibility index (Phi) is 2.23. The van der Waals surface area contributed by atoms with Crippen LogP contribution in [0.2, 0.25) is 0 Å². The van der Waals surface area contributed by atoms with Crippen LogP contribution in [0.1, 0.15) is 11.1 Å². The second-order valence-electron chi connectivity index (χ2n) is 3.25. The molecule has 0 aliphatic heterocycles. The second-order valence-corrected chi connectivity index (χ2v) is 3.25. The van der Waals surface area contributed by atoms with E-state index < -0.39 is 0 Å². The van der Waals surface area contributed by atoms with Gasteiger partial charge in [0.05, 0.1) is 11.6 Å². The molecule has 2 aromatic rings. The molecule has 0 radical (unpaired) electrons. The summed E-state index contributed by atoms with van der Waals surface area (Å²) in [5.74, 6) is -0.282. The lowest BCUT2D eigenvalue weighted by Gasteiger charge is -2.03. The fourth-order valence-electron chi connectivity index (χ4n) is 1.59. The predicted molar refractivity (Wildman–Crippen MR) is 58.7 cm³/mol. The summed E-state index contributed by atoms with van der Waals surface area (Å²) in [6.07, 6.45) is 1.63. The van der Waals surface area contributed by atoms with Gasteiger partial charge in [0.2, 0.25) is 0 Å². The second kappa shape index (κ2) is 3.55. The molecule has 1 nitrogen and oxygen atoms in total. The molecule has 0 N–H and O–H groups in total. The Morgan fingerprint density at radius 3 is 2.73 bits per heavy atom. The van der Waals surface area contributed by atoms with E-state index in [4.69, 9.17) is 5.26 Å². The Morgan fingerprint density at radius 1 is 1.27 bits per heavy atom. The zero-order valence-corrected chi connectivity index (χ0v) is 8.00. The Balaban J connectivity index is 2.88. The van der Waals surface area contributed by atoms with E-state index >= 15 is 0 Å². The quantitative estimate of drug-likeness (QED) is 0.686. The molecule has 0 spiro atoms. The molecular weight excluding hydrogens is 189 g/mol. The third-order valence-electron chi connectivity index (χ3n) is 2.30. The van der Waals surface area contributed by atoms with Crippen molar-refractivity contribution in [1.29, 1.82) is 5.26 Å². The number of rotatable bonds is 1. The Labute approximate surface area is 87.1 Å². The van der Waals surface area contributed by atoms with Crippen molar-refractivity contribution in [1.82, 2.24) is 0 Å². The standard InChI is InChI=1S/C13H8FN/c1-2-10-5-9(8-15)6-11-3-4-12(14)7-13(10)11/h2-7H,1H2. The van der Waals surface area contributed by atoms with E-state index in [9.17, 15) is 4.39 Å². The number of hydrogen-bond donors (Lipinski definition) is 0. The maximum absolute atomic E-state index is 13.0. The minimum absolute atomic E-state index is 0.282. The minimum atomic E-state index is -0.282. The minimum Gasteiger partial charge on any atom is -0.207 e. The van der Waals surface area contributed by atoms with Crippen molar-refractivity contribution in [2.75, 3.05) is 0 Å². The van der Waals surface area contributed by atoms with Crippen molar-refractivity contribution in [3.63, 3.8) is 0 Å². The van der Waals surface area contributed by atoms with Crippen molar-refractivity contribution < 1.29 is 4.39 Å². The first-order valence-electron chi connectivity index (χ1n) is 4.50. The van der Waals surface area contributed by atoms with E-state index in [1.807, 2.05) is 0 Å². The zero-order valence-electron chi connectivity index (χ0n) is 8.00. The van der Waals surface area contributed by atoms with Gasteiger partial charge in [0.25, 0.3) is 0 Å². The number of halogens is 1. The fourth-order valence-corrected chi connectivity index (χ4v) is 1.59. The summed E-state index contributed by atoms with van der Waals surface area (Å²) >= 11 is 0. The summed E-state index contributed by atoms with van der Waals surface area (Å²) in [7, 11) is 0. The molecule has 0 heterocycles. The molecule has 0 aliphatic carbocycles. The SMILES string of the molecule is C=Cc1cc(C#N)cc2ccc(F)cc12. The van der Waals surface area contributed by atoms with Gasteiger partial charge in [-0.3, -0.25) is 0 Å². The van der Waals surface area contributed by atoms with Gasteiger partial charge in [-0.05, 0) is 40.6 Å². The molecule has 2 rings (SSSR count). The number of hydrogen-bond acceptors (Lipinski definition) is 1. The molecular formula is C13H8FN. The van der Waals surface area contributed by atoms with Gasteiger partial charge in [-0.15, -0.1) is 0 Å². The van der Waals surface area contributed by atoms with Gasteiger partial charge >= 0.3 is 0 Å². The van der Waals surface area contributed by atoms with Crippen LogP contribution < -0.4 is 0 Å². The highest BCUT2D eigenvalue weighted by Gasteiger charge is 2.02. The van der Waals surface area contributed by atoms with Gasteiger partial charge in [-0.1, -0.05) is 18.7 Å². The van der Waals surface area contributed by atoms with Crippen molar-refractivity contribution in [3.05, 3.63) is 53.9 Å². The predicted octanol–water partition coefficient (Wildman–Crippen LogP) is 3.49. The molecule has 2 aromatic carbocycles. The smallest absolute Gasteiger partial charge is 0.123 e. The Hall–Kier alpha value is -2.14. The van der Waals surface area contributed by atoms with Crippen molar-refractivity contribution in [2.45, 2.75) is 0 Å². The first-order chi connectivity index (χ1) is 7.24. The molecule has 0 saturated heterocycles. The summed E-state index contributed by atoms with van der Waals surface area (Å²) in [4.78, 5) is 0. The lowest BCUT2D eigenvalue weighted by Crippen LogP contribution is -1.84. The normalized spacial score (nSPS) is 9.87. The third-order valence-corrected chi connectivity index (χ3v) is 2.30. The average Bonchev–Trinajstić information content (AvgIpc) is 2.27. The maximum Gasteiger partial charge on any atom is 0.123 e. The Bertz CT molecular complexity index is 579. The molecule has 0 aromatic heterocycles. The number of benzene rings is 2. The van der Waals surface area contributed by atoms with E-state index in [1.54, 1.807) is 24.3 Å². The average molecular weight is 197 g/mol. The van der Waals surface area contributed by atoms with Crippen LogP contribution in [-0.2, 0) is 0 Å². The van der Waals surface area contributed by atoms with Gasteiger partial charge in [0.1, 0.15) is 5.82 Å². The largest absolute Gasteiger partial charge is 0.207 e. The van der Waals surface area contributed by atoms with Crippen molar-refractivity contribution in [2.24, 2.45) is 0 Å². The maximum atomic E-state index is 13.0. The van der Waals surface area contributed by atoms with Crippen molar-refractivity contribution >= 4 is 16.8 Å². The van der Waals surface area contributed by atoms with Crippen LogP contribution >= 0.6 is 0 Å². The van der Waals surface area contributed by atoms with Crippen molar-refractivity contribution in [3.8, 4) is 6.07 Å². The summed E-state index contributed by atoms with van der Waals surface area (Å²) in [5, 5.41) is 10.4. The lowest BCUT2D eigenvalue weighted by atomic mass is 10.0. The molecule has 2 heteroatoms. The molecule has 72 valence electrons. The third kappa shape index (κ3) is 1.60. The molecule has 15 heavy (non-hydrogen) atoms. The highest BCUT2D eigenvalue weighted by Crippen LogP contribution is 2.22. The van der Waals surface area contributed by atoms with E-state index in [2.05, 4.69) is 12.6 Å². The molecule has 0 bridgehead atoms. The summed E-state index contributed by atoms with van der Waals surface area (Å²) in [6.45, 7) is 3.65. The highest BCUT2D eigenvalue weighted by molar-refractivity contribution is 5.91. The van der Waals surface area contributed by atoms with E-state index in [1.165, 1.54) is 12.1 Å². The summed E-state index contributed by atoms with van der Waals surface area (Å²) in [5.41, 5.74) is 1.34. The topological polar surface area (TPSA) is 23.8 Å². The van der Waals surface area contributed by atoms with Gasteiger partial charge in [-0.2, -0.15) is 5.26 Å². The van der Waals surface area contributed by atoms with Crippen LogP contribution in [0.25, 0.3) is 16.8 Å². The van der Waals surface area contributed by atoms with Gasteiger partial charge < -0.3 is 0 Å². The van der Waals surface area contributed by atoms with E-state index in [0.717, 1.165) is 16.3 Å². The number of nitriles is 1. The van der Waals surface area contributed by atoms with Gasteiger partial charge in [0, 0.05) is 0 Å². The summed E-state index contributed by atoms with van der Waals surface area (Å²) < 4.78 is 13.0. The van der Waals surface area contributed by atoms with Gasteiger partial charge in [0.15, 0.2) is 0 Å². The van der Waals surface area contributed by atoms with Crippen LogP contribution in [-0.4, -0.2) is 0 Å². The van der Waals surface area contributed by atoms with Crippen LogP contribution in [0.4, 0.5) is 4.39 Å². The van der Waals surface area contributed by atoms with Crippen LogP contribution in [0, 0.1) is 17.1 Å². The number of nitrogens with zero attached hydrogens (tertiary/aromatic N) is 1. The molecule has 0 amide bonds. The number of fused-ring (bicyclic) bond motifs is 1. The highest BCUT2D eigenvalue weighted by atomic mass is 19.1. The molecule has 0 unspecified atom stereocenters. The molecule has 0 aliphatic rings. The monoisotopic (exact) mass is 197 g/mol. The molecule has 0 atom stereocenters. The fraction of sp³-hybridized carbons (Fsp3) is 0. The Morgan fingerprint density at radius 2 is 2.07 bits per heavy atom.